The van der Waals surface area contributed by atoms with Crippen molar-refractivity contribution < 1.29 is 14.4 Å². The van der Waals surface area contributed by atoms with Crippen molar-refractivity contribution >= 4 is 17.6 Å². The Morgan fingerprint density at radius 2 is 1.79 bits per heavy atom. The lowest BCUT2D eigenvalue weighted by Crippen LogP contribution is -2.37. The van der Waals surface area contributed by atoms with E-state index in [1.165, 1.54) is 17.1 Å². The van der Waals surface area contributed by atoms with E-state index in [0.29, 0.717) is 6.54 Å². The first kappa shape index (κ1) is 15.6. The van der Waals surface area contributed by atoms with Gasteiger partial charge in [-0.1, -0.05) is 20.3 Å². The highest BCUT2D eigenvalue weighted by molar-refractivity contribution is 6.12. The molecular weight excluding hydrogens is 242 g/mol. The number of carbonyl (C=O) groups excluding carboxylic acids is 3. The van der Waals surface area contributed by atoms with E-state index < -0.39 is 0 Å². The molecule has 1 saturated carbocycles. The molecule has 106 valence electrons. The van der Waals surface area contributed by atoms with Gasteiger partial charge < -0.3 is 0 Å². The minimum Gasteiger partial charge on any atom is -0.300 e. The number of ketones is 1. The highest BCUT2D eigenvalue weighted by Gasteiger charge is 2.30. The number of hydrogen-bond acceptors (Lipinski definition) is 3. The van der Waals surface area contributed by atoms with Crippen LogP contribution in [0.2, 0.25) is 0 Å². The van der Waals surface area contributed by atoms with Crippen LogP contribution in [0.4, 0.5) is 0 Å². The van der Waals surface area contributed by atoms with Crippen molar-refractivity contribution in [3.05, 3.63) is 12.2 Å². The smallest absolute Gasteiger partial charge is 0.253 e. The first-order valence-corrected chi connectivity index (χ1v) is 7.12. The number of Topliss-reactive ketones (excluding diaryl/α,β-unsaturated/α-hetero) is 1. The van der Waals surface area contributed by atoms with E-state index in [2.05, 4.69) is 0 Å². The van der Waals surface area contributed by atoms with Crippen LogP contribution in [0.1, 0.15) is 46.5 Å². The lowest BCUT2D eigenvalue weighted by molar-refractivity contribution is -0.137. The van der Waals surface area contributed by atoms with Crippen molar-refractivity contribution in [1.82, 2.24) is 4.90 Å². The van der Waals surface area contributed by atoms with Gasteiger partial charge in [-0.2, -0.15) is 0 Å². The van der Waals surface area contributed by atoms with Crippen molar-refractivity contribution in [2.45, 2.75) is 46.5 Å². The topological polar surface area (TPSA) is 54.5 Å². The van der Waals surface area contributed by atoms with E-state index >= 15 is 0 Å². The molecule has 1 heterocycles. The van der Waals surface area contributed by atoms with Crippen LogP contribution in [-0.2, 0) is 14.4 Å². The van der Waals surface area contributed by atoms with Crippen LogP contribution in [0.15, 0.2) is 12.2 Å². The SMILES string of the molecule is CC.CC(=O)C1CCCC(CN2C(=O)C=CC2=O)C1. The van der Waals surface area contributed by atoms with Gasteiger partial charge in [0.05, 0.1) is 0 Å². The Bertz CT molecular complexity index is 369. The molecule has 2 unspecified atom stereocenters. The van der Waals surface area contributed by atoms with Gasteiger partial charge in [0.15, 0.2) is 0 Å². The van der Waals surface area contributed by atoms with Crippen LogP contribution >= 0.6 is 0 Å². The Morgan fingerprint density at radius 1 is 1.21 bits per heavy atom. The fraction of sp³-hybridized carbons (Fsp3) is 0.667. The molecule has 19 heavy (non-hydrogen) atoms. The zero-order valence-electron chi connectivity index (χ0n) is 12.0. The third-order valence-corrected chi connectivity index (χ3v) is 3.70. The first-order valence-electron chi connectivity index (χ1n) is 7.12. The summed E-state index contributed by atoms with van der Waals surface area (Å²) in [6.45, 7) is 6.09. The summed E-state index contributed by atoms with van der Waals surface area (Å²) < 4.78 is 0. The van der Waals surface area contributed by atoms with E-state index in [-0.39, 0.29) is 29.4 Å². The molecule has 1 aliphatic carbocycles. The number of nitrogens with zero attached hydrogens (tertiary/aromatic N) is 1. The average molecular weight is 265 g/mol. The fourth-order valence-corrected chi connectivity index (χ4v) is 2.70. The van der Waals surface area contributed by atoms with E-state index in [0.717, 1.165) is 25.7 Å². The second kappa shape index (κ2) is 7.22. The largest absolute Gasteiger partial charge is 0.300 e. The third kappa shape index (κ3) is 4.01. The summed E-state index contributed by atoms with van der Waals surface area (Å²) in [5, 5.41) is 0. The van der Waals surface area contributed by atoms with Gasteiger partial charge >= 0.3 is 0 Å². The van der Waals surface area contributed by atoms with Crippen molar-refractivity contribution in [1.29, 1.82) is 0 Å². The van der Waals surface area contributed by atoms with Crippen LogP contribution in [0.3, 0.4) is 0 Å². The molecule has 0 radical (unpaired) electrons. The van der Waals surface area contributed by atoms with Gasteiger partial charge in [0.25, 0.3) is 11.8 Å². The molecule has 0 spiro atoms. The maximum atomic E-state index is 11.4. The summed E-state index contributed by atoms with van der Waals surface area (Å²) in [7, 11) is 0. The van der Waals surface area contributed by atoms with Crippen LogP contribution in [-0.4, -0.2) is 29.0 Å². The summed E-state index contributed by atoms with van der Waals surface area (Å²) in [6, 6.07) is 0. The Morgan fingerprint density at radius 3 is 2.32 bits per heavy atom. The van der Waals surface area contributed by atoms with Gasteiger partial charge in [0, 0.05) is 24.6 Å². The number of imide groups is 1. The van der Waals surface area contributed by atoms with Crippen molar-refractivity contribution in [2.24, 2.45) is 11.8 Å². The average Bonchev–Trinajstić information content (AvgIpc) is 2.73. The van der Waals surface area contributed by atoms with E-state index in [1.54, 1.807) is 6.92 Å². The second-order valence-corrected chi connectivity index (χ2v) is 4.96. The molecule has 2 aliphatic rings. The Balaban J connectivity index is 0.000000861. The summed E-state index contributed by atoms with van der Waals surface area (Å²) in [4.78, 5) is 35.5. The molecule has 0 aromatic rings. The molecule has 4 nitrogen and oxygen atoms in total. The quantitative estimate of drug-likeness (QED) is 0.736. The minimum atomic E-state index is -0.222. The van der Waals surface area contributed by atoms with Gasteiger partial charge in [-0.25, -0.2) is 0 Å². The Kier molecular flexibility index (Phi) is 5.93. The van der Waals surface area contributed by atoms with Crippen LogP contribution in [0.25, 0.3) is 0 Å². The van der Waals surface area contributed by atoms with Gasteiger partial charge in [-0.15, -0.1) is 0 Å². The molecular formula is C15H23NO3. The molecule has 0 N–H and O–H groups in total. The van der Waals surface area contributed by atoms with Crippen LogP contribution < -0.4 is 0 Å². The summed E-state index contributed by atoms with van der Waals surface area (Å²) in [6.07, 6.45) is 6.40. The standard InChI is InChI=1S/C13H17NO3.C2H6/c1-9(15)11-4-2-3-10(7-11)8-14-12(16)5-6-13(14)17;1-2/h5-6,10-11H,2-4,7-8H2,1H3;1-2H3. The molecule has 2 atom stereocenters. The van der Waals surface area contributed by atoms with Gasteiger partial charge in [-0.3, -0.25) is 19.3 Å². The Hall–Kier alpha value is -1.45. The summed E-state index contributed by atoms with van der Waals surface area (Å²) in [5.41, 5.74) is 0. The maximum Gasteiger partial charge on any atom is 0.253 e. The van der Waals surface area contributed by atoms with Crippen molar-refractivity contribution in [2.75, 3.05) is 6.54 Å². The zero-order chi connectivity index (χ0) is 14.4. The highest BCUT2D eigenvalue weighted by Crippen LogP contribution is 2.30. The molecule has 0 bridgehead atoms. The van der Waals surface area contributed by atoms with Gasteiger partial charge in [-0.05, 0) is 32.1 Å². The number of hydrogen-bond donors (Lipinski definition) is 0. The normalized spacial score (nSPS) is 26.2. The second-order valence-electron chi connectivity index (χ2n) is 4.96. The monoisotopic (exact) mass is 265 g/mol. The van der Waals surface area contributed by atoms with Gasteiger partial charge in [0.1, 0.15) is 5.78 Å². The van der Waals surface area contributed by atoms with Gasteiger partial charge in [0.2, 0.25) is 0 Å². The zero-order valence-corrected chi connectivity index (χ0v) is 12.0. The molecule has 0 saturated heterocycles. The van der Waals surface area contributed by atoms with E-state index in [4.69, 9.17) is 0 Å². The third-order valence-electron chi connectivity index (χ3n) is 3.70. The van der Waals surface area contributed by atoms with E-state index in [9.17, 15) is 14.4 Å². The summed E-state index contributed by atoms with van der Waals surface area (Å²) in [5.74, 6) is 0.187. The maximum absolute atomic E-state index is 11.4. The highest BCUT2D eigenvalue weighted by atomic mass is 16.2. The lowest BCUT2D eigenvalue weighted by atomic mass is 9.79. The number of amides is 2. The molecule has 1 fully saturated rings. The van der Waals surface area contributed by atoms with E-state index in [1.807, 2.05) is 13.8 Å². The molecule has 4 heteroatoms. The Labute approximate surface area is 114 Å². The minimum absolute atomic E-state index is 0.120. The molecule has 1 aliphatic heterocycles. The van der Waals surface area contributed by atoms with Crippen LogP contribution in [0.5, 0.6) is 0 Å². The first-order chi connectivity index (χ1) is 9.08. The van der Waals surface area contributed by atoms with Crippen molar-refractivity contribution in [3.8, 4) is 0 Å². The predicted molar refractivity (Wildman–Crippen MR) is 73.3 cm³/mol. The lowest BCUT2D eigenvalue weighted by Gasteiger charge is -2.29. The molecule has 0 aromatic heterocycles. The van der Waals surface area contributed by atoms with Crippen molar-refractivity contribution in [3.63, 3.8) is 0 Å². The number of carbonyl (C=O) groups is 3. The molecule has 2 amide bonds. The number of rotatable bonds is 3. The fourth-order valence-electron chi connectivity index (χ4n) is 2.70. The molecule has 0 aromatic carbocycles. The van der Waals surface area contributed by atoms with Crippen LogP contribution in [0, 0.1) is 11.8 Å². The molecule has 2 rings (SSSR count). The summed E-state index contributed by atoms with van der Waals surface area (Å²) >= 11 is 0. The predicted octanol–water partition coefficient (Wildman–Crippen LogP) is 2.33.